The van der Waals surface area contributed by atoms with Crippen LogP contribution in [-0.2, 0) is 0 Å². The van der Waals surface area contributed by atoms with Crippen LogP contribution in [0.15, 0.2) is 59.8 Å². The van der Waals surface area contributed by atoms with Crippen LogP contribution >= 0.6 is 12.2 Å². The first-order valence-electron chi connectivity index (χ1n) is 10.2. The van der Waals surface area contributed by atoms with E-state index in [-0.39, 0.29) is 11.8 Å². The molecule has 1 aliphatic rings. The van der Waals surface area contributed by atoms with Gasteiger partial charge in [0.2, 0.25) is 0 Å². The highest BCUT2D eigenvalue weighted by molar-refractivity contribution is 7.80. The van der Waals surface area contributed by atoms with E-state index in [4.69, 9.17) is 21.7 Å². The summed E-state index contributed by atoms with van der Waals surface area (Å²) in [5.41, 5.74) is 2.90. The van der Waals surface area contributed by atoms with Gasteiger partial charge in [-0.25, -0.2) is 0 Å². The molecule has 0 aromatic heterocycles. The van der Waals surface area contributed by atoms with Crippen molar-refractivity contribution in [1.82, 2.24) is 10.6 Å². The summed E-state index contributed by atoms with van der Waals surface area (Å²) >= 11 is 5.36. The fourth-order valence-electron chi connectivity index (χ4n) is 3.51. The molecule has 0 aliphatic carbocycles. The molecule has 0 fully saturated rings. The number of Topliss-reactive ketones (excluding diaryl/α,β-unsaturated/α-hetero) is 1. The second kappa shape index (κ2) is 10.3. The number of rotatable bonds is 9. The summed E-state index contributed by atoms with van der Waals surface area (Å²) in [6.45, 7) is 4.68. The molecule has 158 valence electrons. The van der Waals surface area contributed by atoms with E-state index >= 15 is 0 Å². The zero-order valence-corrected chi connectivity index (χ0v) is 18.5. The van der Waals surface area contributed by atoms with Crippen LogP contribution in [0.3, 0.4) is 0 Å². The Balaban J connectivity index is 1.92. The summed E-state index contributed by atoms with van der Waals surface area (Å²) in [7, 11) is 1.62. The van der Waals surface area contributed by atoms with Gasteiger partial charge in [-0.2, -0.15) is 0 Å². The molecule has 2 aromatic carbocycles. The fourth-order valence-corrected chi connectivity index (χ4v) is 3.78. The molecule has 0 spiro atoms. The molecule has 3 rings (SSSR count). The predicted octanol–water partition coefficient (Wildman–Crippen LogP) is 4.94. The molecule has 2 N–H and O–H groups in total. The summed E-state index contributed by atoms with van der Waals surface area (Å²) in [6, 6.07) is 14.6. The second-order valence-electron chi connectivity index (χ2n) is 7.23. The Bertz CT molecular complexity index is 941. The van der Waals surface area contributed by atoms with Crippen molar-refractivity contribution in [3.8, 4) is 11.5 Å². The number of carbonyl (C=O) groups excluding carboxylic acids is 1. The van der Waals surface area contributed by atoms with Crippen molar-refractivity contribution in [3.05, 3.63) is 70.9 Å². The molecule has 1 aliphatic heterocycles. The monoisotopic (exact) mass is 424 g/mol. The van der Waals surface area contributed by atoms with Crippen LogP contribution < -0.4 is 20.1 Å². The molecular weight excluding hydrogens is 396 g/mol. The Labute approximate surface area is 183 Å². The first-order valence-corrected chi connectivity index (χ1v) is 10.6. The molecule has 0 saturated carbocycles. The van der Waals surface area contributed by atoms with Gasteiger partial charge in [0.25, 0.3) is 0 Å². The first kappa shape index (κ1) is 21.8. The van der Waals surface area contributed by atoms with Crippen molar-refractivity contribution in [2.24, 2.45) is 0 Å². The highest BCUT2D eigenvalue weighted by Crippen LogP contribution is 2.35. The normalized spacial score (nSPS) is 16.0. The van der Waals surface area contributed by atoms with Crippen molar-refractivity contribution >= 4 is 23.1 Å². The van der Waals surface area contributed by atoms with Crippen molar-refractivity contribution < 1.29 is 14.3 Å². The minimum atomic E-state index is -0.380. The van der Waals surface area contributed by atoms with Gasteiger partial charge in [0.1, 0.15) is 0 Å². The molecule has 0 bridgehead atoms. The Kier molecular flexibility index (Phi) is 7.46. The van der Waals surface area contributed by atoms with E-state index in [2.05, 4.69) is 17.6 Å². The van der Waals surface area contributed by atoms with Crippen LogP contribution in [0.2, 0.25) is 0 Å². The number of nitrogens with one attached hydrogen (secondary N) is 2. The minimum Gasteiger partial charge on any atom is -0.493 e. The van der Waals surface area contributed by atoms with Crippen LogP contribution in [0.1, 0.15) is 55.1 Å². The quantitative estimate of drug-likeness (QED) is 0.338. The van der Waals surface area contributed by atoms with Gasteiger partial charge in [-0.3, -0.25) is 4.79 Å². The van der Waals surface area contributed by atoms with E-state index in [0.717, 1.165) is 30.5 Å². The molecule has 1 unspecified atom stereocenters. The highest BCUT2D eigenvalue weighted by Gasteiger charge is 2.31. The molecule has 6 heteroatoms. The van der Waals surface area contributed by atoms with Crippen molar-refractivity contribution in [2.75, 3.05) is 13.7 Å². The predicted molar refractivity (Wildman–Crippen MR) is 123 cm³/mol. The lowest BCUT2D eigenvalue weighted by Crippen LogP contribution is -2.44. The maximum Gasteiger partial charge on any atom is 0.193 e. The number of unbranched alkanes of at least 4 members (excludes halogenated alkanes) is 2. The Morgan fingerprint density at radius 1 is 1.10 bits per heavy atom. The lowest BCUT2D eigenvalue weighted by atomic mass is 9.89. The molecule has 0 saturated heterocycles. The second-order valence-corrected chi connectivity index (χ2v) is 7.64. The third-order valence-corrected chi connectivity index (χ3v) is 5.30. The van der Waals surface area contributed by atoms with Crippen LogP contribution in [-0.4, -0.2) is 24.6 Å². The van der Waals surface area contributed by atoms with E-state index in [1.54, 1.807) is 7.11 Å². The van der Waals surface area contributed by atoms with Crippen molar-refractivity contribution in [1.29, 1.82) is 0 Å². The number of thiocarbonyl (C=S) groups is 1. The minimum absolute atomic E-state index is 0.0422. The standard InChI is InChI=1S/C24H28N2O3S/c1-4-5-9-14-29-19-13-12-18(15-20(19)28-3)22-21(16(2)25-24(30)26-22)23(27)17-10-7-6-8-11-17/h6-8,10-13,15,22H,4-5,9,14H2,1-3H3,(H2,25,26,30). The SMILES string of the molecule is CCCCCOc1ccc(C2NC(=S)NC(C)=C2C(=O)c2ccccc2)cc1OC. The Morgan fingerprint density at radius 2 is 1.87 bits per heavy atom. The van der Waals surface area contributed by atoms with Gasteiger partial charge in [0.15, 0.2) is 22.4 Å². The molecule has 2 aromatic rings. The average Bonchev–Trinajstić information content (AvgIpc) is 2.76. The Hall–Kier alpha value is -2.86. The molecule has 0 radical (unpaired) electrons. The number of ether oxygens (including phenoxy) is 2. The lowest BCUT2D eigenvalue weighted by molar-refractivity contribution is 0.102. The molecular formula is C24H28N2O3S. The number of carbonyl (C=O) groups is 1. The van der Waals surface area contributed by atoms with Gasteiger partial charge in [0.05, 0.1) is 19.8 Å². The van der Waals surface area contributed by atoms with Gasteiger partial charge < -0.3 is 20.1 Å². The third-order valence-electron chi connectivity index (χ3n) is 5.08. The number of hydrogen-bond donors (Lipinski definition) is 2. The van der Waals surface area contributed by atoms with Crippen molar-refractivity contribution in [2.45, 2.75) is 39.2 Å². The zero-order valence-electron chi connectivity index (χ0n) is 17.7. The van der Waals surface area contributed by atoms with E-state index in [1.165, 1.54) is 0 Å². The smallest absolute Gasteiger partial charge is 0.193 e. The van der Waals surface area contributed by atoms with Crippen LogP contribution in [0.4, 0.5) is 0 Å². The first-order chi connectivity index (χ1) is 14.5. The van der Waals surface area contributed by atoms with Crippen LogP contribution in [0, 0.1) is 0 Å². The van der Waals surface area contributed by atoms with E-state index in [1.807, 2.05) is 55.5 Å². The largest absolute Gasteiger partial charge is 0.493 e. The number of ketones is 1. The van der Waals surface area contributed by atoms with Crippen LogP contribution in [0.25, 0.3) is 0 Å². The Morgan fingerprint density at radius 3 is 2.57 bits per heavy atom. The lowest BCUT2D eigenvalue weighted by Gasteiger charge is -2.30. The number of hydrogen-bond acceptors (Lipinski definition) is 4. The summed E-state index contributed by atoms with van der Waals surface area (Å²) in [5, 5.41) is 6.81. The van der Waals surface area contributed by atoms with E-state index in [9.17, 15) is 4.79 Å². The van der Waals surface area contributed by atoms with Crippen molar-refractivity contribution in [3.63, 3.8) is 0 Å². The van der Waals surface area contributed by atoms with E-state index < -0.39 is 0 Å². The molecule has 5 nitrogen and oxygen atoms in total. The summed E-state index contributed by atoms with van der Waals surface area (Å²) < 4.78 is 11.5. The maximum absolute atomic E-state index is 13.3. The summed E-state index contributed by atoms with van der Waals surface area (Å²) in [4.78, 5) is 13.3. The third kappa shape index (κ3) is 5.00. The van der Waals surface area contributed by atoms with Gasteiger partial charge >= 0.3 is 0 Å². The van der Waals surface area contributed by atoms with Gasteiger partial charge in [0, 0.05) is 16.8 Å². The number of benzene rings is 2. The highest BCUT2D eigenvalue weighted by atomic mass is 32.1. The summed E-state index contributed by atoms with van der Waals surface area (Å²) in [6.07, 6.45) is 3.28. The molecule has 0 amide bonds. The van der Waals surface area contributed by atoms with Crippen LogP contribution in [0.5, 0.6) is 11.5 Å². The molecule has 30 heavy (non-hydrogen) atoms. The molecule has 1 atom stereocenters. The topological polar surface area (TPSA) is 59.6 Å². The van der Waals surface area contributed by atoms with Gasteiger partial charge in [-0.1, -0.05) is 56.2 Å². The summed E-state index contributed by atoms with van der Waals surface area (Å²) in [5.74, 6) is 1.30. The number of methoxy groups -OCH3 is 1. The zero-order chi connectivity index (χ0) is 21.5. The number of allylic oxidation sites excluding steroid dienone is 1. The maximum atomic E-state index is 13.3. The fraction of sp³-hybridized carbons (Fsp3) is 0.333. The van der Waals surface area contributed by atoms with Gasteiger partial charge in [-0.15, -0.1) is 0 Å². The van der Waals surface area contributed by atoms with Gasteiger partial charge in [-0.05, 0) is 43.3 Å². The molecule has 1 heterocycles. The average molecular weight is 425 g/mol. The van der Waals surface area contributed by atoms with E-state index in [0.29, 0.717) is 34.4 Å².